The predicted octanol–water partition coefficient (Wildman–Crippen LogP) is 1.46. The minimum absolute atomic E-state index is 0.0951. The average Bonchev–Trinajstić information content (AvgIpc) is 3.15. The number of nitrogens with one attached hydrogen (secondary N) is 2. The summed E-state index contributed by atoms with van der Waals surface area (Å²) >= 11 is 0. The summed E-state index contributed by atoms with van der Waals surface area (Å²) in [6, 6.07) is 18.7. The number of carbonyl (C=O) groups is 1. The van der Waals surface area contributed by atoms with E-state index in [1.807, 2.05) is 55.6 Å². The first-order chi connectivity index (χ1) is 11.3. The van der Waals surface area contributed by atoms with Crippen molar-refractivity contribution in [3.05, 3.63) is 71.8 Å². The van der Waals surface area contributed by atoms with E-state index >= 15 is 0 Å². The molecule has 0 amide bonds. The van der Waals surface area contributed by atoms with E-state index in [4.69, 9.17) is 0 Å². The molecule has 1 aliphatic heterocycles. The largest absolute Gasteiger partial charge is 0.369 e. The van der Waals surface area contributed by atoms with Gasteiger partial charge in [0.05, 0.1) is 20.1 Å². The van der Waals surface area contributed by atoms with Crippen molar-refractivity contribution in [1.29, 1.82) is 0 Å². The third-order valence-corrected chi connectivity index (χ3v) is 3.58. The number of hydrogen-bond donors (Lipinski definition) is 2. The Morgan fingerprint density at radius 3 is 2.00 bits per heavy atom. The molecule has 0 atom stereocenters. The number of nitrogens with zero attached hydrogens (tertiary/aromatic N) is 2. The molecule has 2 aromatic rings. The minimum atomic E-state index is -0.0951. The molecule has 0 aromatic heterocycles. The van der Waals surface area contributed by atoms with Crippen LogP contribution in [0, 0.1) is 0 Å². The van der Waals surface area contributed by atoms with Crippen molar-refractivity contribution < 1.29 is 9.48 Å². The van der Waals surface area contributed by atoms with E-state index in [1.165, 1.54) is 0 Å². The summed E-state index contributed by atoms with van der Waals surface area (Å²) in [5, 5.41) is 11.0. The molecular weight excluding hydrogens is 288 g/mol. The monoisotopic (exact) mass is 307 g/mol. The lowest BCUT2D eigenvalue weighted by Gasteiger charge is -2.06. The van der Waals surface area contributed by atoms with Crippen LogP contribution in [0.4, 0.5) is 0 Å². The second-order valence-electron chi connectivity index (χ2n) is 5.24. The molecule has 0 aliphatic carbocycles. The van der Waals surface area contributed by atoms with Gasteiger partial charge in [-0.05, 0) is 0 Å². The molecule has 2 N–H and O–H groups in total. The van der Waals surface area contributed by atoms with Crippen molar-refractivity contribution in [2.45, 2.75) is 0 Å². The number of ketones is 1. The van der Waals surface area contributed by atoms with Gasteiger partial charge in [-0.3, -0.25) is 15.4 Å². The second-order valence-corrected chi connectivity index (χ2v) is 5.24. The Labute approximate surface area is 135 Å². The zero-order valence-corrected chi connectivity index (χ0v) is 13.0. The topological polar surface area (TPSA) is 56.5 Å². The molecule has 5 nitrogen and oxygen atoms in total. The molecule has 0 saturated carbocycles. The van der Waals surface area contributed by atoms with E-state index < -0.39 is 0 Å². The summed E-state index contributed by atoms with van der Waals surface area (Å²) < 4.78 is 1.68. The highest BCUT2D eigenvalue weighted by molar-refractivity contribution is 6.51. The van der Waals surface area contributed by atoms with Gasteiger partial charge in [-0.2, -0.15) is 0 Å². The van der Waals surface area contributed by atoms with Crippen molar-refractivity contribution in [3.63, 3.8) is 0 Å². The van der Waals surface area contributed by atoms with E-state index in [9.17, 15) is 4.79 Å². The van der Waals surface area contributed by atoms with E-state index in [1.54, 1.807) is 16.8 Å². The van der Waals surface area contributed by atoms with Gasteiger partial charge in [-0.15, -0.1) is 9.79 Å². The SMILES string of the molecule is C[N+](/N=C(\C(=O)c1ccccc1)c1ccccc1)=C1NCCN1. The predicted molar refractivity (Wildman–Crippen MR) is 90.9 cm³/mol. The van der Waals surface area contributed by atoms with Gasteiger partial charge in [0.2, 0.25) is 5.78 Å². The third-order valence-electron chi connectivity index (χ3n) is 3.58. The lowest BCUT2D eigenvalue weighted by atomic mass is 10.0. The standard InChI is InChI=1S/C18H18N4O/c1-22(18-19-12-13-20-18)21-16(14-8-4-2-5-9-14)17(23)15-10-6-3-7-11-15/h2-11H,12-13H2,1H3,(H,19,20)/p+1/b21-16-. The van der Waals surface area contributed by atoms with Crippen LogP contribution in [-0.2, 0) is 0 Å². The number of benzene rings is 2. The number of guanidine groups is 1. The van der Waals surface area contributed by atoms with Gasteiger partial charge >= 0.3 is 5.96 Å². The van der Waals surface area contributed by atoms with Gasteiger partial charge in [0, 0.05) is 11.1 Å². The van der Waals surface area contributed by atoms with Crippen LogP contribution < -0.4 is 10.6 Å². The van der Waals surface area contributed by atoms with E-state index in [0.717, 1.165) is 24.6 Å². The third kappa shape index (κ3) is 3.45. The summed E-state index contributed by atoms with van der Waals surface area (Å²) in [5.41, 5.74) is 1.84. The van der Waals surface area contributed by atoms with Crippen LogP contribution in [0.25, 0.3) is 0 Å². The highest BCUT2D eigenvalue weighted by atomic mass is 16.1. The summed E-state index contributed by atoms with van der Waals surface area (Å²) in [6.07, 6.45) is 0. The quantitative estimate of drug-likeness (QED) is 0.389. The Morgan fingerprint density at radius 2 is 1.43 bits per heavy atom. The molecule has 1 saturated heterocycles. The fraction of sp³-hybridized carbons (Fsp3) is 0.167. The molecule has 1 heterocycles. The van der Waals surface area contributed by atoms with Crippen LogP contribution in [0.2, 0.25) is 0 Å². The first-order valence-corrected chi connectivity index (χ1v) is 7.58. The van der Waals surface area contributed by atoms with Gasteiger partial charge in [0.1, 0.15) is 0 Å². The summed E-state index contributed by atoms with van der Waals surface area (Å²) in [6.45, 7) is 1.70. The molecule has 0 spiro atoms. The van der Waals surface area contributed by atoms with Crippen LogP contribution in [-0.4, -0.2) is 42.3 Å². The number of hydrogen-bond acceptors (Lipinski definition) is 2. The van der Waals surface area contributed by atoms with Crippen molar-refractivity contribution in [3.8, 4) is 0 Å². The van der Waals surface area contributed by atoms with Crippen molar-refractivity contribution >= 4 is 17.5 Å². The summed E-state index contributed by atoms with van der Waals surface area (Å²) in [7, 11) is 1.82. The molecule has 0 unspecified atom stereocenters. The minimum Gasteiger partial charge on any atom is -0.287 e. The molecule has 0 radical (unpaired) electrons. The van der Waals surface area contributed by atoms with Crippen LogP contribution in [0.15, 0.2) is 65.8 Å². The highest BCUT2D eigenvalue weighted by Gasteiger charge is 2.20. The summed E-state index contributed by atoms with van der Waals surface area (Å²) in [4.78, 5) is 12.9. The maximum Gasteiger partial charge on any atom is 0.369 e. The first kappa shape index (κ1) is 15.0. The highest BCUT2D eigenvalue weighted by Crippen LogP contribution is 2.09. The lowest BCUT2D eigenvalue weighted by Crippen LogP contribution is -2.33. The Morgan fingerprint density at radius 1 is 0.913 bits per heavy atom. The lowest BCUT2D eigenvalue weighted by molar-refractivity contribution is -0.505. The first-order valence-electron chi connectivity index (χ1n) is 7.58. The molecule has 116 valence electrons. The fourth-order valence-electron chi connectivity index (χ4n) is 2.41. The fourth-order valence-corrected chi connectivity index (χ4v) is 2.41. The summed E-state index contributed by atoms with van der Waals surface area (Å²) in [5.74, 6) is 0.710. The van der Waals surface area contributed by atoms with Gasteiger partial charge in [0.15, 0.2) is 5.71 Å². The van der Waals surface area contributed by atoms with Crippen LogP contribution >= 0.6 is 0 Å². The number of rotatable bonds is 4. The van der Waals surface area contributed by atoms with Gasteiger partial charge in [-0.25, -0.2) is 0 Å². The number of carbonyl (C=O) groups excluding carboxylic acids is 1. The zero-order valence-electron chi connectivity index (χ0n) is 13.0. The average molecular weight is 307 g/mol. The van der Waals surface area contributed by atoms with Crippen molar-refractivity contribution in [2.24, 2.45) is 5.10 Å². The molecule has 0 bridgehead atoms. The Kier molecular flexibility index (Phi) is 4.47. The molecule has 3 rings (SSSR count). The van der Waals surface area contributed by atoms with E-state index in [-0.39, 0.29) is 5.78 Å². The number of Topliss-reactive ketones (excluding diaryl/α,β-unsaturated/α-hetero) is 1. The van der Waals surface area contributed by atoms with Crippen LogP contribution in [0.5, 0.6) is 0 Å². The zero-order chi connectivity index (χ0) is 16.1. The maximum absolute atomic E-state index is 12.9. The second kappa shape index (κ2) is 6.87. The number of hydrazone groups is 1. The Bertz CT molecular complexity index is 743. The molecule has 5 heteroatoms. The Balaban J connectivity index is 2.04. The molecule has 23 heavy (non-hydrogen) atoms. The molecule has 1 aliphatic rings. The van der Waals surface area contributed by atoms with Gasteiger partial charge in [0.25, 0.3) is 0 Å². The normalized spacial score (nSPS) is 14.1. The van der Waals surface area contributed by atoms with Crippen LogP contribution in [0.1, 0.15) is 15.9 Å². The Hall–Kier alpha value is -2.95. The van der Waals surface area contributed by atoms with Gasteiger partial charge < -0.3 is 0 Å². The molecular formula is C18H19N4O+. The van der Waals surface area contributed by atoms with E-state index in [2.05, 4.69) is 15.7 Å². The molecule has 1 fully saturated rings. The molecule has 2 aromatic carbocycles. The smallest absolute Gasteiger partial charge is 0.287 e. The van der Waals surface area contributed by atoms with Crippen LogP contribution in [0.3, 0.4) is 0 Å². The van der Waals surface area contributed by atoms with Crippen molar-refractivity contribution in [2.75, 3.05) is 20.1 Å². The maximum atomic E-state index is 12.9. The van der Waals surface area contributed by atoms with E-state index in [0.29, 0.717) is 11.3 Å². The van der Waals surface area contributed by atoms with Crippen molar-refractivity contribution in [1.82, 2.24) is 10.6 Å². The van der Waals surface area contributed by atoms with Gasteiger partial charge in [-0.1, -0.05) is 60.7 Å².